The second-order valence-electron chi connectivity index (χ2n) is 7.44. The fourth-order valence-corrected chi connectivity index (χ4v) is 3.24. The summed E-state index contributed by atoms with van der Waals surface area (Å²) < 4.78 is 64.4. The SMILES string of the molecule is CCOC(=O)CNC(=O)c1c(OCc2ccccc2)cc(-c2ccc(F)c(C(F)(F)F)c2)nc1/N=C\N. The standard InChI is InChI=1S/C25H22F4N4O4/c1-2-36-21(34)12-31-24(35)22-20(37-13-15-6-4-3-5-7-15)11-19(33-23(22)32-14-30)16-8-9-18(26)17(10-16)25(27,28)29/h3-11,14H,2,12-13H2,1H3,(H,31,35)(H2,30,32,33). The number of hydrogen-bond acceptors (Lipinski definition) is 6. The van der Waals surface area contributed by atoms with Crippen LogP contribution in [0.25, 0.3) is 11.3 Å². The van der Waals surface area contributed by atoms with E-state index in [1.165, 1.54) is 6.07 Å². The number of hydrogen-bond donors (Lipinski definition) is 2. The third kappa shape index (κ3) is 7.03. The summed E-state index contributed by atoms with van der Waals surface area (Å²) >= 11 is 0. The van der Waals surface area contributed by atoms with Crippen LogP contribution in [0.5, 0.6) is 5.75 Å². The normalized spacial score (nSPS) is 11.4. The third-order valence-electron chi connectivity index (χ3n) is 4.89. The maximum atomic E-state index is 13.8. The van der Waals surface area contributed by atoms with Crippen LogP contribution in [0.4, 0.5) is 23.4 Å². The highest BCUT2D eigenvalue weighted by molar-refractivity contribution is 6.03. The van der Waals surface area contributed by atoms with Crippen LogP contribution in [-0.4, -0.2) is 36.4 Å². The number of halogens is 4. The monoisotopic (exact) mass is 518 g/mol. The summed E-state index contributed by atoms with van der Waals surface area (Å²) in [4.78, 5) is 32.7. The summed E-state index contributed by atoms with van der Waals surface area (Å²) in [5.74, 6) is -3.35. The van der Waals surface area contributed by atoms with Crippen LogP contribution >= 0.6 is 0 Å². The minimum absolute atomic E-state index is 0.0224. The summed E-state index contributed by atoms with van der Waals surface area (Å²) in [6, 6.07) is 12.4. The minimum atomic E-state index is -4.95. The predicted octanol–water partition coefficient (Wildman–Crippen LogP) is 4.40. The number of rotatable bonds is 9. The Morgan fingerprint density at radius 3 is 2.51 bits per heavy atom. The molecule has 0 spiro atoms. The molecule has 0 atom stereocenters. The van der Waals surface area contributed by atoms with Gasteiger partial charge in [0.05, 0.1) is 24.2 Å². The van der Waals surface area contributed by atoms with Gasteiger partial charge >= 0.3 is 12.1 Å². The molecule has 0 fully saturated rings. The lowest BCUT2D eigenvalue weighted by Gasteiger charge is -2.16. The Morgan fingerprint density at radius 2 is 1.86 bits per heavy atom. The molecule has 0 radical (unpaired) electrons. The van der Waals surface area contributed by atoms with E-state index in [0.29, 0.717) is 12.1 Å². The van der Waals surface area contributed by atoms with Gasteiger partial charge < -0.3 is 20.5 Å². The van der Waals surface area contributed by atoms with Crippen molar-refractivity contribution in [3.63, 3.8) is 0 Å². The van der Waals surface area contributed by atoms with E-state index >= 15 is 0 Å². The zero-order valence-corrected chi connectivity index (χ0v) is 19.5. The first-order chi connectivity index (χ1) is 17.6. The lowest BCUT2D eigenvalue weighted by Crippen LogP contribution is -2.31. The molecule has 3 aromatic rings. The van der Waals surface area contributed by atoms with Crippen molar-refractivity contribution in [3.8, 4) is 17.0 Å². The number of pyridine rings is 1. The molecule has 1 amide bonds. The molecule has 37 heavy (non-hydrogen) atoms. The summed E-state index contributed by atoms with van der Waals surface area (Å²) in [6.07, 6.45) is -4.11. The molecular weight excluding hydrogens is 496 g/mol. The van der Waals surface area contributed by atoms with Gasteiger partial charge in [-0.15, -0.1) is 0 Å². The molecule has 194 valence electrons. The molecule has 0 aliphatic rings. The Bertz CT molecular complexity index is 1300. The summed E-state index contributed by atoms with van der Waals surface area (Å²) in [6.45, 7) is 1.22. The molecule has 0 aliphatic carbocycles. The van der Waals surface area contributed by atoms with E-state index in [9.17, 15) is 27.2 Å². The molecule has 0 saturated heterocycles. The first-order valence-electron chi connectivity index (χ1n) is 10.9. The van der Waals surface area contributed by atoms with Crippen LogP contribution in [0.3, 0.4) is 0 Å². The van der Waals surface area contributed by atoms with Gasteiger partial charge in [-0.05, 0) is 30.7 Å². The first-order valence-corrected chi connectivity index (χ1v) is 10.9. The van der Waals surface area contributed by atoms with E-state index in [1.807, 2.05) is 0 Å². The lowest BCUT2D eigenvalue weighted by atomic mass is 10.0. The highest BCUT2D eigenvalue weighted by atomic mass is 19.4. The van der Waals surface area contributed by atoms with E-state index in [-0.39, 0.29) is 41.6 Å². The number of benzene rings is 2. The van der Waals surface area contributed by atoms with Crippen molar-refractivity contribution in [2.75, 3.05) is 13.2 Å². The van der Waals surface area contributed by atoms with Gasteiger partial charge in [0.25, 0.3) is 5.91 Å². The lowest BCUT2D eigenvalue weighted by molar-refractivity contribution is -0.142. The van der Waals surface area contributed by atoms with Crippen LogP contribution in [0.1, 0.15) is 28.4 Å². The van der Waals surface area contributed by atoms with E-state index in [4.69, 9.17) is 15.2 Å². The van der Waals surface area contributed by atoms with Gasteiger partial charge in [-0.1, -0.05) is 30.3 Å². The van der Waals surface area contributed by atoms with Crippen molar-refractivity contribution in [1.29, 1.82) is 0 Å². The zero-order valence-electron chi connectivity index (χ0n) is 19.5. The van der Waals surface area contributed by atoms with Crippen molar-refractivity contribution in [3.05, 3.63) is 77.1 Å². The average molecular weight is 518 g/mol. The smallest absolute Gasteiger partial charge is 0.419 e. The van der Waals surface area contributed by atoms with Gasteiger partial charge in [0.1, 0.15) is 30.3 Å². The molecule has 0 bridgehead atoms. The Kier molecular flexibility index (Phi) is 8.77. The molecular formula is C25H22F4N4O4. The van der Waals surface area contributed by atoms with Crippen LogP contribution in [0.2, 0.25) is 0 Å². The molecule has 3 rings (SSSR count). The number of carbonyl (C=O) groups excluding carboxylic acids is 2. The van der Waals surface area contributed by atoms with Crippen molar-refractivity contribution in [2.45, 2.75) is 19.7 Å². The maximum Gasteiger partial charge on any atom is 0.419 e. The molecule has 1 aromatic heterocycles. The van der Waals surface area contributed by atoms with Crippen LogP contribution in [0, 0.1) is 5.82 Å². The topological polar surface area (TPSA) is 116 Å². The molecule has 8 nitrogen and oxygen atoms in total. The molecule has 0 unspecified atom stereocenters. The predicted molar refractivity (Wildman–Crippen MR) is 127 cm³/mol. The number of nitrogens with one attached hydrogen (secondary N) is 1. The summed E-state index contributed by atoms with van der Waals surface area (Å²) in [5, 5.41) is 2.37. The molecule has 12 heteroatoms. The zero-order chi connectivity index (χ0) is 27.0. The van der Waals surface area contributed by atoms with Gasteiger partial charge in [0.2, 0.25) is 0 Å². The summed E-state index contributed by atoms with van der Waals surface area (Å²) in [7, 11) is 0. The van der Waals surface area contributed by atoms with Crippen LogP contribution in [0.15, 0.2) is 59.6 Å². The minimum Gasteiger partial charge on any atom is -0.488 e. The molecule has 3 N–H and O–H groups in total. The van der Waals surface area contributed by atoms with E-state index in [1.54, 1.807) is 37.3 Å². The highest BCUT2D eigenvalue weighted by Gasteiger charge is 2.34. The Balaban J connectivity index is 2.10. The second-order valence-corrected chi connectivity index (χ2v) is 7.44. The van der Waals surface area contributed by atoms with Crippen molar-refractivity contribution in [1.82, 2.24) is 10.3 Å². The number of esters is 1. The number of amides is 1. The number of carbonyl (C=O) groups is 2. The van der Waals surface area contributed by atoms with Gasteiger partial charge in [-0.3, -0.25) is 9.59 Å². The number of alkyl halides is 3. The Labute approximate surface area is 209 Å². The first kappa shape index (κ1) is 27.1. The molecule has 1 heterocycles. The maximum absolute atomic E-state index is 13.8. The summed E-state index contributed by atoms with van der Waals surface area (Å²) in [5.41, 5.74) is 4.25. The fourth-order valence-electron chi connectivity index (χ4n) is 3.24. The van der Waals surface area contributed by atoms with Gasteiger partial charge in [-0.25, -0.2) is 14.4 Å². The quantitative estimate of drug-likeness (QED) is 0.188. The largest absolute Gasteiger partial charge is 0.488 e. The van der Waals surface area contributed by atoms with E-state index in [0.717, 1.165) is 18.0 Å². The Morgan fingerprint density at radius 1 is 1.14 bits per heavy atom. The van der Waals surface area contributed by atoms with Crippen molar-refractivity contribution < 1.29 is 36.6 Å². The number of aromatic nitrogens is 1. The number of nitrogens with zero attached hydrogens (tertiary/aromatic N) is 2. The van der Waals surface area contributed by atoms with Gasteiger partial charge in [0.15, 0.2) is 5.82 Å². The second kappa shape index (κ2) is 12.0. The third-order valence-corrected chi connectivity index (χ3v) is 4.89. The number of ether oxygens (including phenoxy) is 2. The van der Waals surface area contributed by atoms with Crippen LogP contribution < -0.4 is 15.8 Å². The van der Waals surface area contributed by atoms with E-state index < -0.39 is 36.0 Å². The van der Waals surface area contributed by atoms with Crippen molar-refractivity contribution in [2.24, 2.45) is 10.7 Å². The van der Waals surface area contributed by atoms with Crippen molar-refractivity contribution >= 4 is 24.0 Å². The molecule has 0 aliphatic heterocycles. The number of nitrogens with two attached hydrogens (primary N) is 1. The van der Waals surface area contributed by atoms with Gasteiger partial charge in [-0.2, -0.15) is 13.2 Å². The van der Waals surface area contributed by atoms with Crippen LogP contribution in [-0.2, 0) is 22.3 Å². The Hall–Kier alpha value is -4.48. The fraction of sp³-hybridized carbons (Fsp3) is 0.200. The van der Waals surface area contributed by atoms with Gasteiger partial charge in [0, 0.05) is 11.6 Å². The molecule has 2 aromatic carbocycles. The number of aliphatic imine (C=N–C) groups is 1. The highest BCUT2D eigenvalue weighted by Crippen LogP contribution is 2.37. The average Bonchev–Trinajstić information content (AvgIpc) is 2.86. The van der Waals surface area contributed by atoms with E-state index in [2.05, 4.69) is 15.3 Å². The molecule has 0 saturated carbocycles.